The Morgan fingerprint density at radius 3 is 2.36 bits per heavy atom. The minimum Gasteiger partial charge on any atom is -0.481 e. The third kappa shape index (κ3) is 2.04. The van der Waals surface area contributed by atoms with Gasteiger partial charge in [-0.25, -0.2) is 4.98 Å². The normalized spacial score (nSPS) is 11.4. The van der Waals surface area contributed by atoms with Gasteiger partial charge in [-0.2, -0.15) is 0 Å². The van der Waals surface area contributed by atoms with Crippen LogP contribution in [0.3, 0.4) is 0 Å². The molecular formula is C11H17NO2. The maximum atomic E-state index is 10.2. The molecule has 14 heavy (non-hydrogen) atoms. The van der Waals surface area contributed by atoms with Crippen LogP contribution in [0.15, 0.2) is 18.3 Å². The van der Waals surface area contributed by atoms with Crippen molar-refractivity contribution in [3.63, 3.8) is 0 Å². The van der Waals surface area contributed by atoms with E-state index in [1.165, 1.54) is 0 Å². The van der Waals surface area contributed by atoms with Crippen molar-refractivity contribution in [2.24, 2.45) is 0 Å². The predicted molar refractivity (Wildman–Crippen MR) is 55.3 cm³/mol. The Kier molecular flexibility index (Phi) is 3.47. The summed E-state index contributed by atoms with van der Waals surface area (Å²) in [5.41, 5.74) is 0.0996. The molecule has 0 saturated heterocycles. The largest absolute Gasteiger partial charge is 0.481 e. The zero-order chi connectivity index (χ0) is 10.6. The molecule has 1 aromatic rings. The van der Waals surface area contributed by atoms with Crippen LogP contribution in [-0.4, -0.2) is 17.2 Å². The van der Waals surface area contributed by atoms with Gasteiger partial charge in [0.15, 0.2) is 0 Å². The molecule has 3 heteroatoms. The third-order valence-corrected chi connectivity index (χ3v) is 2.65. The van der Waals surface area contributed by atoms with Gasteiger partial charge in [0.05, 0.1) is 12.7 Å². The number of methoxy groups -OCH3 is 1. The summed E-state index contributed by atoms with van der Waals surface area (Å²) in [4.78, 5) is 4.08. The van der Waals surface area contributed by atoms with E-state index < -0.39 is 5.60 Å². The highest BCUT2D eigenvalue weighted by Crippen LogP contribution is 2.28. The van der Waals surface area contributed by atoms with Crippen LogP contribution in [0.2, 0.25) is 0 Å². The zero-order valence-electron chi connectivity index (χ0n) is 8.95. The number of nitrogens with zero attached hydrogens (tertiary/aromatic N) is 1. The van der Waals surface area contributed by atoms with Crippen LogP contribution in [0.25, 0.3) is 0 Å². The molecule has 1 heterocycles. The monoisotopic (exact) mass is 195 g/mol. The fourth-order valence-corrected chi connectivity index (χ4v) is 1.43. The molecule has 0 aliphatic rings. The van der Waals surface area contributed by atoms with E-state index in [9.17, 15) is 5.11 Å². The maximum absolute atomic E-state index is 10.2. The SMILES string of the molecule is CCC(O)(CC)c1ccc(OC)nc1. The van der Waals surface area contributed by atoms with Crippen LogP contribution in [0.1, 0.15) is 32.3 Å². The van der Waals surface area contributed by atoms with Crippen molar-refractivity contribution in [3.8, 4) is 5.88 Å². The number of hydrogen-bond acceptors (Lipinski definition) is 3. The summed E-state index contributed by atoms with van der Waals surface area (Å²) < 4.78 is 4.96. The zero-order valence-corrected chi connectivity index (χ0v) is 8.95. The van der Waals surface area contributed by atoms with E-state index in [4.69, 9.17) is 4.74 Å². The van der Waals surface area contributed by atoms with Crippen molar-refractivity contribution in [1.82, 2.24) is 4.98 Å². The van der Waals surface area contributed by atoms with Crippen molar-refractivity contribution < 1.29 is 9.84 Å². The molecule has 0 unspecified atom stereocenters. The lowest BCUT2D eigenvalue weighted by Gasteiger charge is -2.25. The second-order valence-electron chi connectivity index (χ2n) is 3.33. The molecule has 0 saturated carbocycles. The number of aromatic nitrogens is 1. The fourth-order valence-electron chi connectivity index (χ4n) is 1.43. The van der Waals surface area contributed by atoms with E-state index in [0.29, 0.717) is 18.7 Å². The summed E-state index contributed by atoms with van der Waals surface area (Å²) in [5, 5.41) is 10.2. The first-order valence-electron chi connectivity index (χ1n) is 4.89. The van der Waals surface area contributed by atoms with Gasteiger partial charge in [0.2, 0.25) is 5.88 Å². The van der Waals surface area contributed by atoms with Gasteiger partial charge in [0, 0.05) is 17.8 Å². The van der Waals surface area contributed by atoms with Crippen molar-refractivity contribution in [1.29, 1.82) is 0 Å². The quantitative estimate of drug-likeness (QED) is 0.800. The van der Waals surface area contributed by atoms with Gasteiger partial charge in [-0.05, 0) is 18.9 Å². The fraction of sp³-hybridized carbons (Fsp3) is 0.545. The number of aliphatic hydroxyl groups is 1. The Hall–Kier alpha value is -1.09. The summed E-state index contributed by atoms with van der Waals surface area (Å²) in [5.74, 6) is 0.573. The predicted octanol–water partition coefficient (Wildman–Crippen LogP) is 2.10. The van der Waals surface area contributed by atoms with Crippen molar-refractivity contribution in [2.45, 2.75) is 32.3 Å². The van der Waals surface area contributed by atoms with Gasteiger partial charge in [-0.3, -0.25) is 0 Å². The van der Waals surface area contributed by atoms with Gasteiger partial charge in [-0.15, -0.1) is 0 Å². The molecule has 0 aliphatic heterocycles. The van der Waals surface area contributed by atoms with Crippen LogP contribution >= 0.6 is 0 Å². The van der Waals surface area contributed by atoms with Gasteiger partial charge in [0.25, 0.3) is 0 Å². The first-order valence-corrected chi connectivity index (χ1v) is 4.89. The van der Waals surface area contributed by atoms with E-state index in [2.05, 4.69) is 4.98 Å². The Bertz CT molecular complexity index is 278. The number of hydrogen-bond donors (Lipinski definition) is 1. The lowest BCUT2D eigenvalue weighted by atomic mass is 9.90. The number of ether oxygens (including phenoxy) is 1. The van der Waals surface area contributed by atoms with E-state index in [-0.39, 0.29) is 0 Å². The summed E-state index contributed by atoms with van der Waals surface area (Å²) >= 11 is 0. The average Bonchev–Trinajstić information content (AvgIpc) is 2.28. The van der Waals surface area contributed by atoms with Gasteiger partial charge >= 0.3 is 0 Å². The van der Waals surface area contributed by atoms with E-state index in [1.807, 2.05) is 19.9 Å². The molecule has 0 spiro atoms. The highest BCUT2D eigenvalue weighted by Gasteiger charge is 2.24. The Morgan fingerprint density at radius 2 is 2.00 bits per heavy atom. The van der Waals surface area contributed by atoms with Crippen molar-refractivity contribution in [3.05, 3.63) is 23.9 Å². The minimum absolute atomic E-state index is 0.573. The number of rotatable bonds is 4. The van der Waals surface area contributed by atoms with Gasteiger partial charge in [-0.1, -0.05) is 13.8 Å². The van der Waals surface area contributed by atoms with Crippen molar-refractivity contribution in [2.75, 3.05) is 7.11 Å². The highest BCUT2D eigenvalue weighted by molar-refractivity contribution is 5.23. The molecular weight excluding hydrogens is 178 g/mol. The molecule has 3 nitrogen and oxygen atoms in total. The van der Waals surface area contributed by atoms with Crippen LogP contribution in [0.4, 0.5) is 0 Å². The maximum Gasteiger partial charge on any atom is 0.212 e. The molecule has 0 atom stereocenters. The molecule has 0 bridgehead atoms. The molecule has 0 amide bonds. The van der Waals surface area contributed by atoms with Crippen LogP contribution < -0.4 is 4.74 Å². The first kappa shape index (κ1) is 11.0. The molecule has 1 aromatic heterocycles. The second-order valence-corrected chi connectivity index (χ2v) is 3.33. The third-order valence-electron chi connectivity index (χ3n) is 2.65. The van der Waals surface area contributed by atoms with Crippen LogP contribution in [-0.2, 0) is 5.60 Å². The summed E-state index contributed by atoms with van der Waals surface area (Å²) in [6.07, 6.45) is 3.06. The Morgan fingerprint density at radius 1 is 1.36 bits per heavy atom. The Balaban J connectivity index is 2.95. The standard InChI is InChI=1S/C11H17NO2/c1-4-11(13,5-2)9-6-7-10(14-3)12-8-9/h6-8,13H,4-5H2,1-3H3. The lowest BCUT2D eigenvalue weighted by molar-refractivity contribution is 0.0280. The van der Waals surface area contributed by atoms with E-state index in [1.54, 1.807) is 19.4 Å². The molecule has 0 aromatic carbocycles. The molecule has 1 rings (SSSR count). The van der Waals surface area contributed by atoms with Crippen LogP contribution in [0.5, 0.6) is 5.88 Å². The second kappa shape index (κ2) is 4.42. The topological polar surface area (TPSA) is 42.4 Å². The lowest BCUT2D eigenvalue weighted by Crippen LogP contribution is -2.23. The van der Waals surface area contributed by atoms with E-state index in [0.717, 1.165) is 5.56 Å². The molecule has 0 aliphatic carbocycles. The highest BCUT2D eigenvalue weighted by atomic mass is 16.5. The molecule has 0 radical (unpaired) electrons. The minimum atomic E-state index is -0.751. The smallest absolute Gasteiger partial charge is 0.212 e. The van der Waals surface area contributed by atoms with Crippen molar-refractivity contribution >= 4 is 0 Å². The molecule has 0 fully saturated rings. The summed E-state index contributed by atoms with van der Waals surface area (Å²) in [7, 11) is 1.58. The Labute approximate surface area is 84.7 Å². The first-order chi connectivity index (χ1) is 6.66. The number of pyridine rings is 1. The van der Waals surface area contributed by atoms with Gasteiger partial charge < -0.3 is 9.84 Å². The van der Waals surface area contributed by atoms with E-state index >= 15 is 0 Å². The molecule has 78 valence electrons. The summed E-state index contributed by atoms with van der Waals surface area (Å²) in [6, 6.07) is 3.63. The summed E-state index contributed by atoms with van der Waals surface area (Å²) in [6.45, 7) is 3.93. The average molecular weight is 195 g/mol. The molecule has 1 N–H and O–H groups in total. The van der Waals surface area contributed by atoms with Gasteiger partial charge in [0.1, 0.15) is 0 Å². The van der Waals surface area contributed by atoms with Crippen LogP contribution in [0, 0.1) is 0 Å².